The molecule has 0 atom stereocenters. The zero-order valence-electron chi connectivity index (χ0n) is 12.0. The Bertz CT molecular complexity index is 551. The second-order valence-corrected chi connectivity index (χ2v) is 7.99. The summed E-state index contributed by atoms with van der Waals surface area (Å²) in [5.41, 5.74) is 0.679. The minimum absolute atomic E-state index is 0.00872. The van der Waals surface area contributed by atoms with Crippen molar-refractivity contribution in [3.63, 3.8) is 0 Å². The Hall–Kier alpha value is -0.580. The Balaban J connectivity index is 2.25. The van der Waals surface area contributed by atoms with Gasteiger partial charge in [-0.1, -0.05) is 42.6 Å². The maximum Gasteiger partial charge on any atom is 0.218 e. The third kappa shape index (κ3) is 3.54. The highest BCUT2D eigenvalue weighted by molar-refractivity contribution is 7.88. The molecule has 1 aromatic carbocycles. The first-order valence-corrected chi connectivity index (χ1v) is 9.15. The Kier molecular flexibility index (Phi) is 5.10. The van der Waals surface area contributed by atoms with Gasteiger partial charge in [0.1, 0.15) is 0 Å². The molecular formula is C15H22ClNO2S. The van der Waals surface area contributed by atoms with E-state index in [-0.39, 0.29) is 17.8 Å². The van der Waals surface area contributed by atoms with Gasteiger partial charge in [-0.05, 0) is 38.3 Å². The van der Waals surface area contributed by atoms with E-state index in [0.29, 0.717) is 10.6 Å². The minimum Gasteiger partial charge on any atom is -0.212 e. The molecule has 1 saturated carbocycles. The Labute approximate surface area is 127 Å². The topological polar surface area (TPSA) is 37.4 Å². The minimum atomic E-state index is -3.33. The lowest BCUT2D eigenvalue weighted by Crippen LogP contribution is -2.44. The molecule has 5 heteroatoms. The van der Waals surface area contributed by atoms with E-state index in [1.54, 1.807) is 16.4 Å². The largest absolute Gasteiger partial charge is 0.218 e. The lowest BCUT2D eigenvalue weighted by Gasteiger charge is -2.31. The van der Waals surface area contributed by atoms with E-state index in [9.17, 15) is 8.42 Å². The normalized spacial score (nSPS) is 17.2. The van der Waals surface area contributed by atoms with Crippen molar-refractivity contribution in [2.24, 2.45) is 0 Å². The highest BCUT2D eigenvalue weighted by Gasteiger charge is 2.34. The Morgan fingerprint density at radius 3 is 2.40 bits per heavy atom. The summed E-state index contributed by atoms with van der Waals surface area (Å²) < 4.78 is 27.2. The number of nitrogens with zero attached hydrogens (tertiary/aromatic N) is 1. The van der Waals surface area contributed by atoms with Crippen LogP contribution in [0.4, 0.5) is 0 Å². The van der Waals surface area contributed by atoms with Crippen molar-refractivity contribution in [2.45, 2.75) is 57.4 Å². The van der Waals surface area contributed by atoms with Crippen molar-refractivity contribution >= 4 is 21.6 Å². The Morgan fingerprint density at radius 1 is 1.25 bits per heavy atom. The van der Waals surface area contributed by atoms with Crippen molar-refractivity contribution < 1.29 is 8.42 Å². The van der Waals surface area contributed by atoms with E-state index in [2.05, 4.69) is 0 Å². The zero-order chi connectivity index (χ0) is 14.8. The lowest BCUT2D eigenvalue weighted by molar-refractivity contribution is 0.275. The molecule has 20 heavy (non-hydrogen) atoms. The summed E-state index contributed by atoms with van der Waals surface area (Å²) >= 11 is 6.09. The SMILES string of the molecule is CC(C)N(C1CCCC1)S(=O)(=O)Cc1ccccc1Cl. The summed E-state index contributed by atoms with van der Waals surface area (Å²) in [5, 5.41) is 0.520. The van der Waals surface area contributed by atoms with Gasteiger partial charge in [-0.15, -0.1) is 0 Å². The molecule has 2 rings (SSSR count). The average molecular weight is 316 g/mol. The predicted molar refractivity (Wildman–Crippen MR) is 83.3 cm³/mol. The van der Waals surface area contributed by atoms with E-state index >= 15 is 0 Å². The number of halogens is 1. The monoisotopic (exact) mass is 315 g/mol. The van der Waals surface area contributed by atoms with Crippen molar-refractivity contribution in [3.05, 3.63) is 34.9 Å². The standard InChI is InChI=1S/C15H22ClNO2S/c1-12(2)17(14-8-4-5-9-14)20(18,19)11-13-7-3-6-10-15(13)16/h3,6-7,10,12,14H,4-5,8-9,11H2,1-2H3. The first-order valence-electron chi connectivity index (χ1n) is 7.16. The van der Waals surface area contributed by atoms with Crippen LogP contribution in [0.25, 0.3) is 0 Å². The number of benzene rings is 1. The molecule has 0 heterocycles. The van der Waals surface area contributed by atoms with Crippen molar-refractivity contribution in [1.29, 1.82) is 0 Å². The van der Waals surface area contributed by atoms with Gasteiger partial charge < -0.3 is 0 Å². The van der Waals surface area contributed by atoms with E-state index in [1.165, 1.54) is 0 Å². The fourth-order valence-electron chi connectivity index (χ4n) is 3.02. The summed E-state index contributed by atoms with van der Waals surface area (Å²) in [6.45, 7) is 3.89. The van der Waals surface area contributed by atoms with Crippen LogP contribution in [0.15, 0.2) is 24.3 Å². The molecule has 1 aromatic rings. The second-order valence-electron chi connectivity index (χ2n) is 5.71. The van der Waals surface area contributed by atoms with Crippen molar-refractivity contribution in [3.8, 4) is 0 Å². The molecule has 0 amide bonds. The highest BCUT2D eigenvalue weighted by atomic mass is 35.5. The van der Waals surface area contributed by atoms with Crippen LogP contribution in [0.2, 0.25) is 5.02 Å². The summed E-state index contributed by atoms with van der Waals surface area (Å²) in [5.74, 6) is -0.0125. The zero-order valence-corrected chi connectivity index (χ0v) is 13.6. The fraction of sp³-hybridized carbons (Fsp3) is 0.600. The lowest BCUT2D eigenvalue weighted by atomic mass is 10.2. The summed E-state index contributed by atoms with van der Waals surface area (Å²) in [6, 6.07) is 7.31. The predicted octanol–water partition coefficient (Wildman–Crippen LogP) is 3.82. The van der Waals surface area contributed by atoms with Gasteiger partial charge in [0.15, 0.2) is 0 Å². The van der Waals surface area contributed by atoms with Gasteiger partial charge in [-0.3, -0.25) is 0 Å². The molecule has 112 valence electrons. The van der Waals surface area contributed by atoms with Crippen LogP contribution in [-0.2, 0) is 15.8 Å². The smallest absolute Gasteiger partial charge is 0.212 e. The van der Waals surface area contributed by atoms with Gasteiger partial charge in [-0.2, -0.15) is 4.31 Å². The number of rotatable bonds is 5. The molecule has 0 N–H and O–H groups in total. The van der Waals surface area contributed by atoms with E-state index in [1.807, 2.05) is 26.0 Å². The van der Waals surface area contributed by atoms with Gasteiger partial charge in [0.25, 0.3) is 0 Å². The Morgan fingerprint density at radius 2 is 1.85 bits per heavy atom. The quantitative estimate of drug-likeness (QED) is 0.828. The third-order valence-electron chi connectivity index (χ3n) is 3.81. The van der Waals surface area contributed by atoms with Gasteiger partial charge in [0.2, 0.25) is 10.0 Å². The summed E-state index contributed by atoms with van der Waals surface area (Å²) in [6.07, 6.45) is 4.19. The van der Waals surface area contributed by atoms with Crippen molar-refractivity contribution in [2.75, 3.05) is 0 Å². The molecule has 1 aliphatic rings. The van der Waals surface area contributed by atoms with Crippen molar-refractivity contribution in [1.82, 2.24) is 4.31 Å². The molecule has 1 fully saturated rings. The van der Waals surface area contributed by atoms with Crippen LogP contribution in [0.1, 0.15) is 45.1 Å². The number of sulfonamides is 1. The first-order chi connectivity index (χ1) is 9.42. The van der Waals surface area contributed by atoms with Gasteiger partial charge >= 0.3 is 0 Å². The molecular weight excluding hydrogens is 294 g/mol. The number of hydrogen-bond acceptors (Lipinski definition) is 2. The van der Waals surface area contributed by atoms with Gasteiger partial charge in [-0.25, -0.2) is 8.42 Å². The fourth-order valence-corrected chi connectivity index (χ4v) is 5.40. The first kappa shape index (κ1) is 15.8. The molecule has 3 nitrogen and oxygen atoms in total. The summed E-state index contributed by atoms with van der Waals surface area (Å²) in [4.78, 5) is 0. The molecule has 0 unspecified atom stereocenters. The molecule has 0 aromatic heterocycles. The van der Waals surface area contributed by atoms with Crippen LogP contribution in [-0.4, -0.2) is 24.8 Å². The van der Waals surface area contributed by atoms with Crippen LogP contribution < -0.4 is 0 Å². The number of hydrogen-bond donors (Lipinski definition) is 0. The maximum absolute atomic E-state index is 12.7. The van der Waals surface area contributed by atoms with Crippen LogP contribution in [0.5, 0.6) is 0 Å². The van der Waals surface area contributed by atoms with E-state index < -0.39 is 10.0 Å². The molecule has 0 radical (unpaired) electrons. The van der Waals surface area contributed by atoms with Gasteiger partial charge in [0, 0.05) is 17.1 Å². The molecule has 0 saturated heterocycles. The van der Waals surface area contributed by atoms with Crippen LogP contribution in [0, 0.1) is 0 Å². The third-order valence-corrected chi connectivity index (χ3v) is 6.22. The molecule has 0 aliphatic heterocycles. The average Bonchev–Trinajstić information content (AvgIpc) is 2.84. The second kappa shape index (κ2) is 6.46. The molecule has 0 bridgehead atoms. The van der Waals surface area contributed by atoms with Gasteiger partial charge in [0.05, 0.1) is 5.75 Å². The summed E-state index contributed by atoms with van der Waals surface area (Å²) in [7, 11) is -3.33. The van der Waals surface area contributed by atoms with E-state index in [0.717, 1.165) is 25.7 Å². The maximum atomic E-state index is 12.7. The van der Waals surface area contributed by atoms with Crippen LogP contribution >= 0.6 is 11.6 Å². The highest BCUT2D eigenvalue weighted by Crippen LogP contribution is 2.29. The van der Waals surface area contributed by atoms with Crippen LogP contribution in [0.3, 0.4) is 0 Å². The molecule has 1 aliphatic carbocycles. The molecule has 0 spiro atoms. The van der Waals surface area contributed by atoms with E-state index in [4.69, 9.17) is 11.6 Å².